The van der Waals surface area contributed by atoms with Crippen LogP contribution in [0, 0.1) is 13.8 Å². The lowest BCUT2D eigenvalue weighted by molar-refractivity contribution is -0.137. The fraction of sp³-hybridized carbons (Fsp3) is 0.424. The molecule has 0 unspecified atom stereocenters. The van der Waals surface area contributed by atoms with Crippen LogP contribution in [0.2, 0.25) is 0 Å². The van der Waals surface area contributed by atoms with Gasteiger partial charge in [0.2, 0.25) is 0 Å². The van der Waals surface area contributed by atoms with E-state index in [1.165, 1.54) is 39.0 Å². The summed E-state index contributed by atoms with van der Waals surface area (Å²) in [5.41, 5.74) is 17.6. The molecule has 3 aliphatic rings. The van der Waals surface area contributed by atoms with Crippen LogP contribution in [0.5, 0.6) is 0 Å². The standard InChI is InChI=1S/C33H38N4O2/c1-7-20-16(3)25-13-27-19(6)23(11-12-31(38)39)33(36-27)24-10-9-22-18(5)28(37-32(22)24)15-30-21(8-2)17(4)26(35-30)14-29(20)34-25/h13-15,19,23,34-35H,7-12H2,1-6H3,(H,38,39)/t19-,23-/m0/s1. The smallest absolute Gasteiger partial charge is 0.303 e. The van der Waals surface area contributed by atoms with E-state index in [9.17, 15) is 9.90 Å². The minimum atomic E-state index is -0.756. The first-order chi connectivity index (χ1) is 18.7. The summed E-state index contributed by atoms with van der Waals surface area (Å²) in [5.74, 6) is -0.553. The molecule has 202 valence electrons. The molecule has 39 heavy (non-hydrogen) atoms. The van der Waals surface area contributed by atoms with Gasteiger partial charge in [0.05, 0.1) is 11.4 Å². The highest BCUT2D eigenvalue weighted by molar-refractivity contribution is 5.95. The van der Waals surface area contributed by atoms with Crippen LogP contribution in [-0.2, 0) is 24.1 Å². The number of rotatable bonds is 5. The molecule has 8 bridgehead atoms. The van der Waals surface area contributed by atoms with Crippen LogP contribution in [0.25, 0.3) is 33.2 Å². The minimum Gasteiger partial charge on any atom is -0.481 e. The molecule has 3 aromatic heterocycles. The molecule has 3 N–H and O–H groups in total. The van der Waals surface area contributed by atoms with Gasteiger partial charge in [-0.05, 0) is 104 Å². The number of nitrogens with one attached hydrogen (secondary N) is 2. The quantitative estimate of drug-likeness (QED) is 0.320. The van der Waals surface area contributed by atoms with Crippen molar-refractivity contribution in [3.63, 3.8) is 0 Å². The number of nitrogens with zero attached hydrogens (tertiary/aromatic N) is 2. The average molecular weight is 523 g/mol. The molecule has 0 saturated heterocycles. The van der Waals surface area contributed by atoms with E-state index in [0.717, 1.165) is 70.5 Å². The van der Waals surface area contributed by atoms with Crippen LogP contribution in [0.4, 0.5) is 0 Å². The Morgan fingerprint density at radius 1 is 0.923 bits per heavy atom. The van der Waals surface area contributed by atoms with E-state index >= 15 is 0 Å². The van der Waals surface area contributed by atoms with Crippen molar-refractivity contribution in [3.05, 3.63) is 68.8 Å². The number of carboxylic acids is 1. The lowest BCUT2D eigenvalue weighted by atomic mass is 9.85. The van der Waals surface area contributed by atoms with Crippen molar-refractivity contribution in [3.8, 4) is 0 Å². The summed E-state index contributed by atoms with van der Waals surface area (Å²) in [4.78, 5) is 29.5. The van der Waals surface area contributed by atoms with Crippen molar-refractivity contribution in [2.75, 3.05) is 0 Å². The Labute approximate surface area is 229 Å². The fourth-order valence-electron chi connectivity index (χ4n) is 7.04. The Balaban J connectivity index is 1.75. The van der Waals surface area contributed by atoms with Gasteiger partial charge in [-0.1, -0.05) is 20.8 Å². The van der Waals surface area contributed by atoms with Gasteiger partial charge in [-0.25, -0.2) is 4.98 Å². The molecule has 2 atom stereocenters. The normalized spacial score (nSPS) is 18.3. The highest BCUT2D eigenvalue weighted by atomic mass is 16.4. The zero-order chi connectivity index (χ0) is 27.6. The summed E-state index contributed by atoms with van der Waals surface area (Å²) in [5, 5.41) is 9.51. The monoisotopic (exact) mass is 522 g/mol. The maximum absolute atomic E-state index is 11.6. The van der Waals surface area contributed by atoms with Gasteiger partial charge in [-0.2, -0.15) is 0 Å². The SMILES string of the molecule is CCc1c(C)c2cc3[nH]c(cc4nc(c5c6nc(cc1[nH]2)C(C)=C6CC5)[C@@H](CCC(=O)O)[C@@H]4C)c(C)c3CC. The van der Waals surface area contributed by atoms with Crippen molar-refractivity contribution >= 4 is 39.2 Å². The number of aromatic nitrogens is 4. The molecule has 0 radical (unpaired) electrons. The number of aryl methyl sites for hydroxylation is 4. The van der Waals surface area contributed by atoms with Crippen LogP contribution in [-0.4, -0.2) is 31.0 Å². The maximum Gasteiger partial charge on any atom is 0.303 e. The predicted octanol–water partition coefficient (Wildman–Crippen LogP) is 7.69. The number of aromatic amines is 2. The zero-order valence-electron chi connectivity index (χ0n) is 23.9. The molecular formula is C33H38N4O2. The molecule has 5 heterocycles. The first-order valence-electron chi connectivity index (χ1n) is 14.4. The van der Waals surface area contributed by atoms with Gasteiger partial charge in [0, 0.05) is 57.3 Å². The molecule has 6 nitrogen and oxygen atoms in total. The predicted molar refractivity (Wildman–Crippen MR) is 158 cm³/mol. The largest absolute Gasteiger partial charge is 0.481 e. The zero-order valence-corrected chi connectivity index (χ0v) is 23.9. The van der Waals surface area contributed by atoms with Gasteiger partial charge >= 0.3 is 5.97 Å². The number of fused-ring (bicyclic) bond motifs is 8. The van der Waals surface area contributed by atoms with Gasteiger partial charge in [-0.15, -0.1) is 0 Å². The number of hydrogen-bond acceptors (Lipinski definition) is 3. The first kappa shape index (κ1) is 25.6. The van der Waals surface area contributed by atoms with Gasteiger partial charge in [0.25, 0.3) is 0 Å². The topological polar surface area (TPSA) is 94.7 Å². The summed E-state index contributed by atoms with van der Waals surface area (Å²) in [6.45, 7) is 13.2. The van der Waals surface area contributed by atoms with Crippen molar-refractivity contribution in [1.82, 2.24) is 19.9 Å². The van der Waals surface area contributed by atoms with Crippen LogP contribution < -0.4 is 0 Å². The molecule has 0 aromatic carbocycles. The second-order valence-corrected chi connectivity index (χ2v) is 11.4. The molecule has 6 heteroatoms. The minimum absolute atomic E-state index is 0.0697. The number of allylic oxidation sites excluding steroid dienone is 2. The third-order valence-electron chi connectivity index (χ3n) is 9.39. The third-order valence-corrected chi connectivity index (χ3v) is 9.39. The molecule has 1 aliphatic carbocycles. The summed E-state index contributed by atoms with van der Waals surface area (Å²) < 4.78 is 0. The number of H-pyrrole nitrogens is 2. The number of carboxylic acid groups (broad SMARTS) is 1. The Morgan fingerprint density at radius 2 is 1.56 bits per heavy atom. The summed E-state index contributed by atoms with van der Waals surface area (Å²) in [7, 11) is 0. The van der Waals surface area contributed by atoms with Crippen molar-refractivity contribution < 1.29 is 9.90 Å². The first-order valence-corrected chi connectivity index (χ1v) is 14.4. The molecule has 0 saturated carbocycles. The lowest BCUT2D eigenvalue weighted by Crippen LogP contribution is -2.07. The van der Waals surface area contributed by atoms with E-state index in [1.807, 2.05) is 0 Å². The second kappa shape index (κ2) is 9.51. The Kier molecular flexibility index (Phi) is 6.24. The summed E-state index contributed by atoms with van der Waals surface area (Å²) in [6, 6.07) is 6.68. The number of carbonyl (C=O) groups is 1. The maximum atomic E-state index is 11.6. The molecule has 2 aliphatic heterocycles. The van der Waals surface area contributed by atoms with E-state index in [1.54, 1.807) is 0 Å². The van der Waals surface area contributed by atoms with Gasteiger partial charge in [0.1, 0.15) is 0 Å². The highest BCUT2D eigenvalue weighted by Crippen LogP contribution is 2.47. The van der Waals surface area contributed by atoms with Crippen LogP contribution in [0.3, 0.4) is 0 Å². The Hall–Kier alpha value is -3.67. The fourth-order valence-corrected chi connectivity index (χ4v) is 7.04. The molecular weight excluding hydrogens is 484 g/mol. The molecule has 0 amide bonds. The van der Waals surface area contributed by atoms with Crippen molar-refractivity contribution in [1.29, 1.82) is 0 Å². The molecule has 6 rings (SSSR count). The van der Waals surface area contributed by atoms with Crippen LogP contribution in [0.15, 0.2) is 18.2 Å². The van der Waals surface area contributed by atoms with Crippen LogP contribution in [0.1, 0.15) is 109 Å². The van der Waals surface area contributed by atoms with E-state index in [-0.39, 0.29) is 18.3 Å². The number of hydrogen-bond donors (Lipinski definition) is 3. The Morgan fingerprint density at radius 3 is 2.21 bits per heavy atom. The van der Waals surface area contributed by atoms with E-state index in [0.29, 0.717) is 6.42 Å². The molecule has 3 aromatic rings. The third kappa shape index (κ3) is 4.03. The lowest BCUT2D eigenvalue weighted by Gasteiger charge is -2.16. The van der Waals surface area contributed by atoms with E-state index in [2.05, 4.69) is 69.7 Å². The molecule has 0 spiro atoms. The van der Waals surface area contributed by atoms with Gasteiger partial charge in [0.15, 0.2) is 0 Å². The van der Waals surface area contributed by atoms with Crippen LogP contribution >= 0.6 is 0 Å². The Bertz CT molecular complexity index is 1720. The number of aliphatic carboxylic acids is 1. The summed E-state index contributed by atoms with van der Waals surface area (Å²) >= 11 is 0. The second-order valence-electron chi connectivity index (χ2n) is 11.4. The average Bonchev–Trinajstić information content (AvgIpc) is 3.66. The summed E-state index contributed by atoms with van der Waals surface area (Å²) in [6.07, 6.45) is 4.47. The van der Waals surface area contributed by atoms with E-state index in [4.69, 9.17) is 9.97 Å². The van der Waals surface area contributed by atoms with Crippen molar-refractivity contribution in [2.45, 2.75) is 91.9 Å². The van der Waals surface area contributed by atoms with Crippen molar-refractivity contribution in [2.24, 2.45) is 0 Å². The highest BCUT2D eigenvalue weighted by Gasteiger charge is 2.35. The van der Waals surface area contributed by atoms with Gasteiger partial charge in [-0.3, -0.25) is 9.78 Å². The molecule has 0 fully saturated rings. The van der Waals surface area contributed by atoms with E-state index < -0.39 is 5.97 Å². The van der Waals surface area contributed by atoms with Gasteiger partial charge < -0.3 is 15.1 Å².